The second-order valence-electron chi connectivity index (χ2n) is 4.75. The lowest BCUT2D eigenvalue weighted by atomic mass is 10.1. The number of benzene rings is 1. The van der Waals surface area contributed by atoms with Gasteiger partial charge in [-0.1, -0.05) is 18.5 Å². The summed E-state index contributed by atoms with van der Waals surface area (Å²) in [6, 6.07) is 4.58. The van der Waals surface area contributed by atoms with E-state index in [2.05, 4.69) is 0 Å². The molecule has 2 rings (SSSR count). The first-order valence-corrected chi connectivity index (χ1v) is 8.15. The first-order chi connectivity index (χ1) is 8.94. The highest BCUT2D eigenvalue weighted by molar-refractivity contribution is 7.91. The highest BCUT2D eigenvalue weighted by Crippen LogP contribution is 2.29. The van der Waals surface area contributed by atoms with Gasteiger partial charge in [-0.2, -0.15) is 0 Å². The van der Waals surface area contributed by atoms with E-state index < -0.39 is 9.84 Å². The van der Waals surface area contributed by atoms with Crippen molar-refractivity contribution in [2.24, 2.45) is 5.92 Å². The van der Waals surface area contributed by atoms with Gasteiger partial charge in [-0.15, -0.1) is 0 Å². The van der Waals surface area contributed by atoms with Gasteiger partial charge in [-0.05, 0) is 24.5 Å². The molecule has 0 radical (unpaired) electrons. The molecule has 0 unspecified atom stereocenters. The van der Waals surface area contributed by atoms with Crippen LogP contribution < -0.4 is 4.74 Å². The lowest BCUT2D eigenvalue weighted by Gasteiger charge is -2.15. The first-order valence-electron chi connectivity index (χ1n) is 6.12. The van der Waals surface area contributed by atoms with Gasteiger partial charge in [0.2, 0.25) is 0 Å². The van der Waals surface area contributed by atoms with Gasteiger partial charge >= 0.3 is 0 Å². The van der Waals surface area contributed by atoms with Gasteiger partial charge in [-0.25, -0.2) is 8.42 Å². The fraction of sp³-hybridized carbons (Fsp3) is 0.538. The van der Waals surface area contributed by atoms with Crippen molar-refractivity contribution in [2.75, 3.05) is 19.5 Å². The Bertz CT molecular complexity index is 556. The predicted molar refractivity (Wildman–Crippen MR) is 73.6 cm³/mol. The highest BCUT2D eigenvalue weighted by Gasteiger charge is 2.31. The third-order valence-electron chi connectivity index (χ3n) is 3.40. The zero-order chi connectivity index (χ0) is 14.0. The largest absolute Gasteiger partial charge is 0.497 e. The normalized spacial score (nSPS) is 23.5. The molecule has 4 nitrogen and oxygen atoms in total. The quantitative estimate of drug-likeness (QED) is 0.858. The number of halogens is 1. The number of rotatable bonds is 4. The summed E-state index contributed by atoms with van der Waals surface area (Å²) in [4.78, 5) is 0.137. The zero-order valence-electron chi connectivity index (χ0n) is 10.9. The smallest absolute Gasteiger partial charge is 0.182 e. The molecule has 2 atom stereocenters. The standard InChI is InChI=1S/C13H17ClO4S/c1-9-5-6-18-12(9)8-19(15,16)13-4-3-10(17-2)7-11(13)14/h3-4,7,9,12H,5-6,8H2,1-2H3/t9-,12-/m0/s1. The number of ether oxygens (including phenoxy) is 2. The molecule has 1 aromatic rings. The molecular formula is C13H17ClO4S. The molecule has 1 saturated heterocycles. The summed E-state index contributed by atoms with van der Waals surface area (Å²) in [6.45, 7) is 2.63. The van der Waals surface area contributed by atoms with Crippen LogP contribution in [0.5, 0.6) is 5.75 Å². The average Bonchev–Trinajstić information content (AvgIpc) is 2.73. The second-order valence-corrected chi connectivity index (χ2v) is 7.16. The van der Waals surface area contributed by atoms with E-state index >= 15 is 0 Å². The summed E-state index contributed by atoms with van der Waals surface area (Å²) < 4.78 is 35.2. The van der Waals surface area contributed by atoms with Gasteiger partial charge in [0.25, 0.3) is 0 Å². The van der Waals surface area contributed by atoms with E-state index in [1.807, 2.05) is 6.92 Å². The third-order valence-corrected chi connectivity index (χ3v) is 5.62. The number of methoxy groups -OCH3 is 1. The summed E-state index contributed by atoms with van der Waals surface area (Å²) >= 11 is 6.01. The van der Waals surface area contributed by atoms with Gasteiger partial charge in [0.05, 0.1) is 28.9 Å². The molecule has 0 aromatic heterocycles. The summed E-state index contributed by atoms with van der Waals surface area (Å²) in [5.41, 5.74) is 0. The second kappa shape index (κ2) is 5.69. The van der Waals surface area contributed by atoms with Crippen LogP contribution in [0.3, 0.4) is 0 Å². The maximum atomic E-state index is 12.3. The van der Waals surface area contributed by atoms with Crippen molar-refractivity contribution in [1.82, 2.24) is 0 Å². The molecule has 0 bridgehead atoms. The van der Waals surface area contributed by atoms with E-state index in [9.17, 15) is 8.42 Å². The molecular weight excluding hydrogens is 288 g/mol. The van der Waals surface area contributed by atoms with E-state index in [-0.39, 0.29) is 27.7 Å². The predicted octanol–water partition coefficient (Wildman–Crippen LogP) is 2.55. The fourth-order valence-corrected chi connectivity index (χ4v) is 4.33. The van der Waals surface area contributed by atoms with Crippen molar-refractivity contribution in [2.45, 2.75) is 24.3 Å². The minimum absolute atomic E-state index is 0.0276. The van der Waals surface area contributed by atoms with E-state index in [0.717, 1.165) is 6.42 Å². The average molecular weight is 305 g/mol. The molecule has 1 aliphatic heterocycles. The van der Waals surface area contributed by atoms with Crippen LogP contribution in [-0.4, -0.2) is 34.0 Å². The van der Waals surface area contributed by atoms with Crippen LogP contribution in [-0.2, 0) is 14.6 Å². The minimum Gasteiger partial charge on any atom is -0.497 e. The van der Waals surface area contributed by atoms with Crippen molar-refractivity contribution in [1.29, 1.82) is 0 Å². The van der Waals surface area contributed by atoms with Crippen molar-refractivity contribution < 1.29 is 17.9 Å². The fourth-order valence-electron chi connectivity index (χ4n) is 2.13. The van der Waals surface area contributed by atoms with Crippen LogP contribution >= 0.6 is 11.6 Å². The Kier molecular flexibility index (Phi) is 4.38. The molecule has 0 aliphatic carbocycles. The Hall–Kier alpha value is -0.780. The summed E-state index contributed by atoms with van der Waals surface area (Å²) in [5, 5.41) is 0.185. The summed E-state index contributed by atoms with van der Waals surface area (Å²) in [7, 11) is -1.94. The maximum Gasteiger partial charge on any atom is 0.182 e. The minimum atomic E-state index is -3.44. The first kappa shape index (κ1) is 14.6. The molecule has 1 aliphatic rings. The number of hydrogen-bond donors (Lipinski definition) is 0. The van der Waals surface area contributed by atoms with Crippen LogP contribution in [0.1, 0.15) is 13.3 Å². The van der Waals surface area contributed by atoms with Crippen LogP contribution in [0.25, 0.3) is 0 Å². The van der Waals surface area contributed by atoms with E-state index in [1.165, 1.54) is 19.2 Å². The third kappa shape index (κ3) is 3.22. The van der Waals surface area contributed by atoms with Crippen LogP contribution in [0.4, 0.5) is 0 Å². The number of sulfone groups is 1. The lowest BCUT2D eigenvalue weighted by Crippen LogP contribution is -2.25. The molecule has 1 fully saturated rings. The van der Waals surface area contributed by atoms with Crippen molar-refractivity contribution in [3.05, 3.63) is 23.2 Å². The van der Waals surface area contributed by atoms with E-state index in [0.29, 0.717) is 12.4 Å². The lowest BCUT2D eigenvalue weighted by molar-refractivity contribution is 0.111. The molecule has 1 aromatic carbocycles. The molecule has 106 valence electrons. The Morgan fingerprint density at radius 3 is 2.74 bits per heavy atom. The molecule has 6 heteroatoms. The Balaban J connectivity index is 2.24. The van der Waals surface area contributed by atoms with Crippen molar-refractivity contribution in [3.63, 3.8) is 0 Å². The van der Waals surface area contributed by atoms with Gasteiger partial charge < -0.3 is 9.47 Å². The Labute approximate surface area is 118 Å². The van der Waals surface area contributed by atoms with Crippen molar-refractivity contribution in [3.8, 4) is 5.75 Å². The molecule has 0 saturated carbocycles. The van der Waals surface area contributed by atoms with Crippen LogP contribution in [0, 0.1) is 5.92 Å². The van der Waals surface area contributed by atoms with Crippen molar-refractivity contribution >= 4 is 21.4 Å². The number of hydrogen-bond acceptors (Lipinski definition) is 4. The zero-order valence-corrected chi connectivity index (χ0v) is 12.5. The molecule has 0 N–H and O–H groups in total. The monoisotopic (exact) mass is 304 g/mol. The van der Waals surface area contributed by atoms with E-state index in [4.69, 9.17) is 21.1 Å². The Morgan fingerprint density at radius 2 is 2.21 bits per heavy atom. The highest BCUT2D eigenvalue weighted by atomic mass is 35.5. The Morgan fingerprint density at radius 1 is 1.47 bits per heavy atom. The molecule has 1 heterocycles. The molecule has 19 heavy (non-hydrogen) atoms. The SMILES string of the molecule is COc1ccc(S(=O)(=O)C[C@@H]2OCC[C@@H]2C)c(Cl)c1. The van der Waals surface area contributed by atoms with Crippen LogP contribution in [0.15, 0.2) is 23.1 Å². The molecule has 0 amide bonds. The van der Waals surface area contributed by atoms with Gasteiger partial charge in [-0.3, -0.25) is 0 Å². The van der Waals surface area contributed by atoms with Crippen LogP contribution in [0.2, 0.25) is 5.02 Å². The van der Waals surface area contributed by atoms with Gasteiger partial charge in [0.1, 0.15) is 5.75 Å². The van der Waals surface area contributed by atoms with Gasteiger partial charge in [0, 0.05) is 12.7 Å². The summed E-state index contributed by atoms with van der Waals surface area (Å²) in [5.74, 6) is 0.765. The topological polar surface area (TPSA) is 52.6 Å². The van der Waals surface area contributed by atoms with Gasteiger partial charge in [0.15, 0.2) is 9.84 Å². The molecule has 0 spiro atoms. The van der Waals surface area contributed by atoms with E-state index in [1.54, 1.807) is 6.07 Å². The maximum absolute atomic E-state index is 12.3. The summed E-state index contributed by atoms with van der Waals surface area (Å²) in [6.07, 6.45) is 0.652.